The van der Waals surface area contributed by atoms with E-state index in [0.717, 1.165) is 41.6 Å². The Morgan fingerprint density at radius 1 is 1.26 bits per heavy atom. The normalized spacial score (nSPS) is 16.4. The number of halogens is 1. The fraction of sp³-hybridized carbons (Fsp3) is 0.333. The zero-order valence-electron chi connectivity index (χ0n) is 14.7. The number of guanidine groups is 1. The molecule has 1 fully saturated rings. The van der Waals surface area contributed by atoms with E-state index in [9.17, 15) is 5.11 Å². The Hall–Kier alpha value is -1.43. The summed E-state index contributed by atoms with van der Waals surface area (Å²) in [6.07, 6.45) is 1.21. The average molecular weight is 515 g/mol. The van der Waals surface area contributed by atoms with Crippen LogP contribution in [-0.4, -0.2) is 53.7 Å². The van der Waals surface area contributed by atoms with Crippen LogP contribution in [-0.2, 0) is 0 Å². The van der Waals surface area contributed by atoms with Gasteiger partial charge in [-0.1, -0.05) is 18.2 Å². The summed E-state index contributed by atoms with van der Waals surface area (Å²) in [5, 5.41) is 14.7. The molecule has 4 rings (SSSR count). The van der Waals surface area contributed by atoms with Crippen molar-refractivity contribution in [2.75, 3.05) is 37.6 Å². The van der Waals surface area contributed by atoms with Gasteiger partial charge in [0.2, 0.25) is 0 Å². The maximum Gasteiger partial charge on any atom is 0.191 e. The maximum atomic E-state index is 10.5. The van der Waals surface area contributed by atoms with E-state index in [2.05, 4.69) is 31.9 Å². The largest absolute Gasteiger partial charge is 0.386 e. The number of aliphatic imine (C=N–C) groups is 1. The van der Waals surface area contributed by atoms with Crippen LogP contribution in [0, 0.1) is 0 Å². The number of hydrogen-bond acceptors (Lipinski definition) is 6. The van der Waals surface area contributed by atoms with Gasteiger partial charge in [0, 0.05) is 47.3 Å². The number of nitrogens with two attached hydrogens (primary N) is 1. The van der Waals surface area contributed by atoms with Crippen LogP contribution in [0.25, 0.3) is 10.1 Å². The van der Waals surface area contributed by atoms with Gasteiger partial charge in [0.1, 0.15) is 6.10 Å². The zero-order chi connectivity index (χ0) is 17.9. The maximum absolute atomic E-state index is 10.5. The van der Waals surface area contributed by atoms with Gasteiger partial charge in [-0.25, -0.2) is 4.98 Å². The highest BCUT2D eigenvalue weighted by Crippen LogP contribution is 2.29. The van der Waals surface area contributed by atoms with Crippen LogP contribution in [0.3, 0.4) is 0 Å². The number of thiazole rings is 1. The summed E-state index contributed by atoms with van der Waals surface area (Å²) in [7, 11) is 0. The number of hydrogen-bond donors (Lipinski definition) is 2. The number of benzene rings is 1. The lowest BCUT2D eigenvalue weighted by molar-refractivity contribution is 0.190. The summed E-state index contributed by atoms with van der Waals surface area (Å²) in [5.74, 6) is 0.504. The van der Waals surface area contributed by atoms with E-state index in [1.807, 2.05) is 29.8 Å². The van der Waals surface area contributed by atoms with Gasteiger partial charge in [-0.05, 0) is 17.5 Å². The summed E-state index contributed by atoms with van der Waals surface area (Å²) in [6.45, 7) is 3.67. The van der Waals surface area contributed by atoms with Gasteiger partial charge in [0.25, 0.3) is 0 Å². The van der Waals surface area contributed by atoms with Crippen molar-refractivity contribution in [3.63, 3.8) is 0 Å². The molecule has 1 saturated heterocycles. The van der Waals surface area contributed by atoms with Gasteiger partial charge in [-0.15, -0.1) is 46.7 Å². The fourth-order valence-electron chi connectivity index (χ4n) is 3.04. The van der Waals surface area contributed by atoms with Crippen LogP contribution < -0.4 is 10.6 Å². The number of aromatic nitrogens is 1. The van der Waals surface area contributed by atoms with E-state index in [1.165, 1.54) is 4.70 Å². The molecule has 0 saturated carbocycles. The molecule has 3 N–H and O–H groups in total. The average Bonchev–Trinajstić information content (AvgIpc) is 3.35. The summed E-state index contributed by atoms with van der Waals surface area (Å²) in [6, 6.07) is 10.2. The molecule has 0 spiro atoms. The number of rotatable bonds is 4. The molecule has 3 heterocycles. The molecule has 9 heteroatoms. The smallest absolute Gasteiger partial charge is 0.191 e. The van der Waals surface area contributed by atoms with E-state index in [1.54, 1.807) is 22.7 Å². The Morgan fingerprint density at radius 3 is 2.74 bits per heavy atom. The summed E-state index contributed by atoms with van der Waals surface area (Å²) >= 11 is 3.26. The van der Waals surface area contributed by atoms with Crippen molar-refractivity contribution in [2.24, 2.45) is 10.7 Å². The quantitative estimate of drug-likeness (QED) is 0.317. The lowest BCUT2D eigenvalue weighted by atomic mass is 10.2. The third-order valence-electron chi connectivity index (χ3n) is 4.49. The van der Waals surface area contributed by atoms with E-state index >= 15 is 0 Å². The first-order valence-corrected chi connectivity index (χ1v) is 10.3. The van der Waals surface area contributed by atoms with E-state index in [0.29, 0.717) is 5.96 Å². The topological polar surface area (TPSA) is 78.0 Å². The minimum atomic E-state index is -0.623. The first-order chi connectivity index (χ1) is 12.7. The van der Waals surface area contributed by atoms with Crippen molar-refractivity contribution in [1.82, 2.24) is 9.88 Å². The summed E-state index contributed by atoms with van der Waals surface area (Å²) < 4.78 is 1.18. The highest BCUT2D eigenvalue weighted by atomic mass is 127. The van der Waals surface area contributed by atoms with Crippen molar-refractivity contribution in [3.05, 3.63) is 46.8 Å². The molecule has 144 valence electrons. The van der Waals surface area contributed by atoms with Gasteiger partial charge >= 0.3 is 0 Å². The van der Waals surface area contributed by atoms with Gasteiger partial charge in [-0.3, -0.25) is 4.99 Å². The van der Waals surface area contributed by atoms with Crippen LogP contribution in [0.5, 0.6) is 0 Å². The molecule has 0 amide bonds. The van der Waals surface area contributed by atoms with E-state index in [4.69, 9.17) is 5.73 Å². The second-order valence-electron chi connectivity index (χ2n) is 6.19. The van der Waals surface area contributed by atoms with Crippen molar-refractivity contribution in [3.8, 4) is 0 Å². The minimum absolute atomic E-state index is 0. The number of aliphatic hydroxyl groups excluding tert-OH is 1. The SMILES string of the molecule is I.NC(=NCC(O)c1cc2ccccc2s1)N1CCN(c2nccs2)CC1. The molecule has 0 aliphatic carbocycles. The predicted octanol–water partition coefficient (Wildman–Crippen LogP) is 3.15. The molecule has 1 aliphatic rings. The molecular weight excluding hydrogens is 493 g/mol. The molecule has 6 nitrogen and oxygen atoms in total. The monoisotopic (exact) mass is 515 g/mol. The van der Waals surface area contributed by atoms with Crippen LogP contribution >= 0.6 is 46.7 Å². The highest BCUT2D eigenvalue weighted by Gasteiger charge is 2.20. The number of fused-ring (bicyclic) bond motifs is 1. The zero-order valence-corrected chi connectivity index (χ0v) is 18.7. The lowest BCUT2D eigenvalue weighted by Crippen LogP contribution is -2.51. The molecule has 0 radical (unpaired) electrons. The Kier molecular flexibility index (Phi) is 6.90. The van der Waals surface area contributed by atoms with Crippen LogP contribution in [0.4, 0.5) is 5.13 Å². The molecule has 3 aromatic rings. The second kappa shape index (κ2) is 9.18. The molecule has 2 aromatic heterocycles. The number of piperazine rings is 1. The van der Waals surface area contributed by atoms with Crippen LogP contribution in [0.1, 0.15) is 11.0 Å². The summed E-state index contributed by atoms with van der Waals surface area (Å²) in [4.78, 5) is 14.0. The number of thiophene rings is 1. The Labute approximate surface area is 183 Å². The molecule has 1 atom stereocenters. The van der Waals surface area contributed by atoms with E-state index in [-0.39, 0.29) is 30.5 Å². The number of nitrogens with zero attached hydrogens (tertiary/aromatic N) is 4. The lowest BCUT2D eigenvalue weighted by Gasteiger charge is -2.35. The van der Waals surface area contributed by atoms with Crippen molar-refractivity contribution >= 4 is 67.8 Å². The van der Waals surface area contributed by atoms with Gasteiger partial charge in [0.05, 0.1) is 6.54 Å². The summed E-state index contributed by atoms with van der Waals surface area (Å²) in [5.41, 5.74) is 6.15. The second-order valence-corrected chi connectivity index (χ2v) is 8.18. The van der Waals surface area contributed by atoms with Gasteiger partial charge in [0.15, 0.2) is 11.1 Å². The Morgan fingerprint density at radius 2 is 2.04 bits per heavy atom. The van der Waals surface area contributed by atoms with Crippen LogP contribution in [0.15, 0.2) is 46.9 Å². The predicted molar refractivity (Wildman–Crippen MR) is 125 cm³/mol. The first kappa shape index (κ1) is 20.3. The Balaban J connectivity index is 0.00000210. The highest BCUT2D eigenvalue weighted by molar-refractivity contribution is 14.0. The van der Waals surface area contributed by atoms with Crippen LogP contribution in [0.2, 0.25) is 0 Å². The molecule has 1 aromatic carbocycles. The molecule has 0 bridgehead atoms. The third-order valence-corrected chi connectivity index (χ3v) is 6.54. The van der Waals surface area contributed by atoms with Crippen molar-refractivity contribution in [2.45, 2.75) is 6.10 Å². The molecule has 1 aliphatic heterocycles. The van der Waals surface area contributed by atoms with Gasteiger partial charge < -0.3 is 20.6 Å². The first-order valence-electron chi connectivity index (χ1n) is 8.56. The fourth-order valence-corrected chi connectivity index (χ4v) is 4.77. The van der Waals surface area contributed by atoms with Gasteiger partial charge in [-0.2, -0.15) is 0 Å². The molecule has 27 heavy (non-hydrogen) atoms. The molecular formula is C18H22IN5OS2. The number of anilines is 1. The minimum Gasteiger partial charge on any atom is -0.386 e. The molecule has 1 unspecified atom stereocenters. The number of aliphatic hydroxyl groups is 1. The third kappa shape index (κ3) is 4.71. The van der Waals surface area contributed by atoms with Crippen molar-refractivity contribution < 1.29 is 5.11 Å². The van der Waals surface area contributed by atoms with Crippen molar-refractivity contribution in [1.29, 1.82) is 0 Å². The standard InChI is InChI=1S/C18H21N5OS2.HI/c19-17(22-6-8-23(9-7-22)18-20-5-10-25-18)21-12-14(24)16-11-13-3-1-2-4-15(13)26-16;/h1-5,10-11,14,24H,6-9,12H2,(H2,19,21);1H. The Bertz CT molecular complexity index is 857. The van der Waals surface area contributed by atoms with E-state index < -0.39 is 6.10 Å².